The van der Waals surface area contributed by atoms with Gasteiger partial charge in [0.25, 0.3) is 5.91 Å². The molecule has 1 aliphatic rings. The lowest BCUT2D eigenvalue weighted by Gasteiger charge is -2.11. The summed E-state index contributed by atoms with van der Waals surface area (Å²) in [5.74, 6) is -0.564. The van der Waals surface area contributed by atoms with Gasteiger partial charge in [0.15, 0.2) is 0 Å². The number of alkyl halides is 1. The molecule has 0 aliphatic carbocycles. The number of thiophene rings is 1. The fraction of sp³-hybridized carbons (Fsp3) is 0.200. The fourth-order valence-electron chi connectivity index (χ4n) is 2.52. The number of hydrogen-bond donors (Lipinski definition) is 3. The summed E-state index contributed by atoms with van der Waals surface area (Å²) in [6.07, 6.45) is 0. The van der Waals surface area contributed by atoms with Gasteiger partial charge in [-0.3, -0.25) is 15.0 Å². The second-order valence-corrected chi connectivity index (χ2v) is 7.05. The minimum Gasteiger partial charge on any atom is -0.365 e. The summed E-state index contributed by atoms with van der Waals surface area (Å²) in [6.45, 7) is 1.19. The van der Waals surface area contributed by atoms with Crippen molar-refractivity contribution in [3.8, 4) is 0 Å². The molecular weight excluding hydrogens is 371 g/mol. The first-order valence-corrected chi connectivity index (χ1v) is 8.77. The number of fused-ring (bicyclic) bond motifs is 1. The van der Waals surface area contributed by atoms with E-state index in [1.54, 1.807) is 24.3 Å². The molecule has 0 saturated heterocycles. The molecule has 4 N–H and O–H groups in total. The van der Waals surface area contributed by atoms with Crippen molar-refractivity contribution < 1.29 is 9.59 Å². The Morgan fingerprint density at radius 1 is 1.21 bits per heavy atom. The zero-order valence-corrected chi connectivity index (χ0v) is 14.8. The van der Waals surface area contributed by atoms with E-state index in [9.17, 15) is 9.59 Å². The van der Waals surface area contributed by atoms with Crippen molar-refractivity contribution >= 4 is 57.2 Å². The molecule has 0 atom stereocenters. The predicted molar refractivity (Wildman–Crippen MR) is 96.9 cm³/mol. The molecule has 0 saturated carbocycles. The number of nitrogens with one attached hydrogen (secondary N) is 2. The summed E-state index contributed by atoms with van der Waals surface area (Å²) < 4.78 is 0. The highest BCUT2D eigenvalue weighted by atomic mass is 35.5. The topological polar surface area (TPSA) is 87.5 Å². The molecule has 2 heterocycles. The number of rotatable bonds is 4. The largest absolute Gasteiger partial charge is 0.365 e. The average molecular weight is 385 g/mol. The standard InChI is InChI=1S/C15H14Cl2N4O2S/c16-7-21-5-10-11(6-21)24-14(12(10)13(18)22)20-15(23)19-9-3-1-8(17)2-4-9/h1-4H,5-7H2,(H2,18,22)(H2,19,20,23). The first kappa shape index (κ1) is 17.0. The van der Waals surface area contributed by atoms with E-state index in [1.807, 2.05) is 4.90 Å². The summed E-state index contributed by atoms with van der Waals surface area (Å²) in [5, 5.41) is 6.41. The molecule has 126 valence electrons. The van der Waals surface area contributed by atoms with E-state index >= 15 is 0 Å². The molecule has 1 aromatic heterocycles. The Balaban J connectivity index is 1.77. The van der Waals surface area contributed by atoms with Crippen molar-refractivity contribution in [1.29, 1.82) is 0 Å². The van der Waals surface area contributed by atoms with Gasteiger partial charge in [-0.05, 0) is 29.8 Å². The lowest BCUT2D eigenvalue weighted by Crippen LogP contribution is -2.22. The highest BCUT2D eigenvalue weighted by Gasteiger charge is 2.29. The molecule has 6 nitrogen and oxygen atoms in total. The number of carbonyl (C=O) groups excluding carboxylic acids is 2. The summed E-state index contributed by atoms with van der Waals surface area (Å²) in [7, 11) is 0. The molecule has 1 aromatic carbocycles. The number of anilines is 2. The van der Waals surface area contributed by atoms with Gasteiger partial charge in [0.1, 0.15) is 5.00 Å². The van der Waals surface area contributed by atoms with E-state index in [4.69, 9.17) is 28.9 Å². The third kappa shape index (κ3) is 3.49. The fourth-order valence-corrected chi connectivity index (χ4v) is 4.07. The van der Waals surface area contributed by atoms with Crippen molar-refractivity contribution in [2.75, 3.05) is 16.6 Å². The van der Waals surface area contributed by atoms with Crippen LogP contribution in [0.1, 0.15) is 20.8 Å². The zero-order chi connectivity index (χ0) is 17.3. The number of hydrogen-bond acceptors (Lipinski definition) is 4. The number of amides is 3. The van der Waals surface area contributed by atoms with E-state index in [-0.39, 0.29) is 0 Å². The quantitative estimate of drug-likeness (QED) is 0.555. The van der Waals surface area contributed by atoms with Crippen LogP contribution < -0.4 is 16.4 Å². The maximum absolute atomic E-state index is 12.2. The van der Waals surface area contributed by atoms with Crippen LogP contribution in [-0.4, -0.2) is 22.8 Å². The molecule has 0 unspecified atom stereocenters. The number of nitrogens with zero attached hydrogens (tertiary/aromatic N) is 1. The Labute approximate surface area is 152 Å². The monoisotopic (exact) mass is 384 g/mol. The summed E-state index contributed by atoms with van der Waals surface area (Å²) in [4.78, 5) is 26.9. The van der Waals surface area contributed by atoms with E-state index in [2.05, 4.69) is 10.6 Å². The first-order valence-electron chi connectivity index (χ1n) is 7.04. The number of carbonyl (C=O) groups is 2. The van der Waals surface area contributed by atoms with Crippen LogP contribution in [0, 0.1) is 0 Å². The first-order chi connectivity index (χ1) is 11.5. The predicted octanol–water partition coefficient (Wildman–Crippen LogP) is 3.66. The van der Waals surface area contributed by atoms with Crippen LogP contribution in [0.15, 0.2) is 24.3 Å². The highest BCUT2D eigenvalue weighted by molar-refractivity contribution is 7.17. The molecule has 9 heteroatoms. The second-order valence-electron chi connectivity index (χ2n) is 5.26. The van der Waals surface area contributed by atoms with Gasteiger partial charge in [0.05, 0.1) is 11.6 Å². The molecular formula is C15H14Cl2N4O2S. The van der Waals surface area contributed by atoms with Gasteiger partial charge >= 0.3 is 6.03 Å². The van der Waals surface area contributed by atoms with E-state index < -0.39 is 11.9 Å². The summed E-state index contributed by atoms with van der Waals surface area (Å²) in [5.41, 5.74) is 7.28. The number of benzene rings is 1. The lowest BCUT2D eigenvalue weighted by atomic mass is 10.1. The highest BCUT2D eigenvalue weighted by Crippen LogP contribution is 2.39. The van der Waals surface area contributed by atoms with E-state index in [0.29, 0.717) is 40.4 Å². The van der Waals surface area contributed by atoms with Crippen molar-refractivity contribution in [3.05, 3.63) is 45.3 Å². The third-order valence-corrected chi connectivity index (χ3v) is 5.31. The molecule has 0 bridgehead atoms. The van der Waals surface area contributed by atoms with Crippen LogP contribution in [0.25, 0.3) is 0 Å². The lowest BCUT2D eigenvalue weighted by molar-refractivity contribution is 0.100. The molecule has 0 fully saturated rings. The Morgan fingerprint density at radius 2 is 1.92 bits per heavy atom. The number of urea groups is 1. The van der Waals surface area contributed by atoms with Gasteiger partial charge in [-0.25, -0.2) is 4.79 Å². The number of halogens is 2. The van der Waals surface area contributed by atoms with Crippen molar-refractivity contribution in [2.45, 2.75) is 13.1 Å². The van der Waals surface area contributed by atoms with Gasteiger partial charge in [-0.2, -0.15) is 0 Å². The van der Waals surface area contributed by atoms with Crippen LogP contribution in [0.4, 0.5) is 15.5 Å². The minimum absolute atomic E-state index is 0.355. The van der Waals surface area contributed by atoms with Crippen molar-refractivity contribution in [3.63, 3.8) is 0 Å². The average Bonchev–Trinajstić information content (AvgIpc) is 3.05. The normalized spacial score (nSPS) is 13.6. The van der Waals surface area contributed by atoms with E-state index in [0.717, 1.165) is 10.4 Å². The number of primary amides is 1. The summed E-state index contributed by atoms with van der Waals surface area (Å²) >= 11 is 13.0. The maximum atomic E-state index is 12.2. The van der Waals surface area contributed by atoms with E-state index in [1.165, 1.54) is 11.3 Å². The SMILES string of the molecule is NC(=O)c1c(NC(=O)Nc2ccc(Cl)cc2)sc2c1CN(CCl)C2. The molecule has 2 aromatic rings. The number of nitrogens with two attached hydrogens (primary N) is 1. The summed E-state index contributed by atoms with van der Waals surface area (Å²) in [6, 6.07) is 6.64. The smallest absolute Gasteiger partial charge is 0.324 e. The van der Waals surface area contributed by atoms with Gasteiger partial charge in [0.2, 0.25) is 0 Å². The Bertz CT molecular complexity index is 792. The molecule has 3 rings (SSSR count). The molecule has 24 heavy (non-hydrogen) atoms. The van der Waals surface area contributed by atoms with Crippen LogP contribution >= 0.6 is 34.5 Å². The van der Waals surface area contributed by atoms with Crippen LogP contribution in [0.2, 0.25) is 5.02 Å². The van der Waals surface area contributed by atoms with Crippen LogP contribution in [0.5, 0.6) is 0 Å². The van der Waals surface area contributed by atoms with Crippen molar-refractivity contribution in [2.24, 2.45) is 5.73 Å². The van der Waals surface area contributed by atoms with Crippen molar-refractivity contribution in [1.82, 2.24) is 4.90 Å². The zero-order valence-electron chi connectivity index (χ0n) is 12.4. The molecule has 0 spiro atoms. The van der Waals surface area contributed by atoms with Gasteiger partial charge < -0.3 is 11.1 Å². The Kier molecular flexibility index (Phi) is 4.96. The van der Waals surface area contributed by atoms with Gasteiger partial charge in [-0.1, -0.05) is 11.6 Å². The maximum Gasteiger partial charge on any atom is 0.324 e. The van der Waals surface area contributed by atoms with Gasteiger partial charge in [-0.15, -0.1) is 22.9 Å². The Hall–Kier alpha value is -1.80. The molecule has 0 radical (unpaired) electrons. The van der Waals surface area contributed by atoms with Crippen LogP contribution in [0.3, 0.4) is 0 Å². The minimum atomic E-state index is -0.564. The third-order valence-electron chi connectivity index (χ3n) is 3.58. The molecule has 3 amide bonds. The van der Waals surface area contributed by atoms with Crippen LogP contribution in [-0.2, 0) is 13.1 Å². The molecule has 1 aliphatic heterocycles. The van der Waals surface area contributed by atoms with Gasteiger partial charge in [0, 0.05) is 28.7 Å². The second kappa shape index (κ2) is 6.98. The Morgan fingerprint density at radius 3 is 2.54 bits per heavy atom.